The van der Waals surface area contributed by atoms with Gasteiger partial charge in [0.1, 0.15) is 12.5 Å². The maximum absolute atomic E-state index is 11.9. The fourth-order valence-electron chi connectivity index (χ4n) is 1.50. The summed E-state index contributed by atoms with van der Waals surface area (Å²) in [5, 5.41) is 18.8. The number of carbonyl (C=O) groups is 1. The molecule has 16 heavy (non-hydrogen) atoms. The van der Waals surface area contributed by atoms with Crippen LogP contribution in [0, 0.1) is 6.92 Å². The van der Waals surface area contributed by atoms with E-state index in [1.165, 1.54) is 13.8 Å². The molecule has 1 aromatic rings. The van der Waals surface area contributed by atoms with Gasteiger partial charge in [-0.3, -0.25) is 9.69 Å². The molecule has 0 aliphatic heterocycles. The smallest absolute Gasteiger partial charge is 0.257 e. The highest BCUT2D eigenvalue weighted by atomic mass is 16.3. The minimum absolute atomic E-state index is 0.384. The van der Waals surface area contributed by atoms with Crippen LogP contribution in [-0.4, -0.2) is 33.5 Å². The Labute approximate surface area is 95.1 Å². The summed E-state index contributed by atoms with van der Waals surface area (Å²) in [6.45, 7) is 4.81. The van der Waals surface area contributed by atoms with Crippen molar-refractivity contribution in [3.05, 3.63) is 35.4 Å². The average Bonchev–Trinajstić information content (AvgIpc) is 2.17. The van der Waals surface area contributed by atoms with Gasteiger partial charge < -0.3 is 10.2 Å². The van der Waals surface area contributed by atoms with Gasteiger partial charge in [0.25, 0.3) is 5.91 Å². The molecule has 0 heterocycles. The Balaban J connectivity index is 2.95. The minimum Gasteiger partial charge on any atom is -0.374 e. The van der Waals surface area contributed by atoms with Gasteiger partial charge >= 0.3 is 0 Å². The quantitative estimate of drug-likeness (QED) is 0.755. The molecule has 0 radical (unpaired) electrons. The van der Waals surface area contributed by atoms with Crippen LogP contribution in [0.1, 0.15) is 29.8 Å². The van der Waals surface area contributed by atoms with Gasteiger partial charge in [0, 0.05) is 5.56 Å². The van der Waals surface area contributed by atoms with Crippen LogP contribution in [0.5, 0.6) is 0 Å². The molecule has 0 aliphatic carbocycles. The first-order valence-corrected chi connectivity index (χ1v) is 5.19. The Kier molecular flexibility index (Phi) is 4.04. The number of nitrogens with zero attached hydrogens (tertiary/aromatic N) is 1. The summed E-state index contributed by atoms with van der Waals surface area (Å²) in [4.78, 5) is 13.0. The van der Waals surface area contributed by atoms with Crippen LogP contribution >= 0.6 is 0 Å². The molecular weight excluding hydrogens is 206 g/mol. The zero-order valence-electron chi connectivity index (χ0n) is 9.71. The molecule has 1 rings (SSSR count). The standard InChI is InChI=1S/C12H17NO3/c1-8-4-6-11(7-5-8)12(16)13(9(2)14)10(3)15/h4-7,9-10,14-15H,1-3H3. The van der Waals surface area contributed by atoms with Gasteiger partial charge in [-0.25, -0.2) is 0 Å². The molecule has 2 atom stereocenters. The van der Waals surface area contributed by atoms with E-state index in [2.05, 4.69) is 0 Å². The van der Waals surface area contributed by atoms with E-state index < -0.39 is 12.5 Å². The second-order valence-electron chi connectivity index (χ2n) is 3.84. The van der Waals surface area contributed by atoms with Crippen molar-refractivity contribution in [1.82, 2.24) is 4.90 Å². The molecule has 0 aromatic heterocycles. The lowest BCUT2D eigenvalue weighted by Gasteiger charge is -2.28. The zero-order chi connectivity index (χ0) is 12.3. The van der Waals surface area contributed by atoms with Crippen molar-refractivity contribution in [3.63, 3.8) is 0 Å². The Morgan fingerprint density at radius 3 is 1.94 bits per heavy atom. The molecule has 0 aliphatic rings. The van der Waals surface area contributed by atoms with Crippen molar-refractivity contribution in [3.8, 4) is 0 Å². The second-order valence-corrected chi connectivity index (χ2v) is 3.84. The normalized spacial score (nSPS) is 14.3. The monoisotopic (exact) mass is 223 g/mol. The number of aliphatic hydroxyl groups excluding tert-OH is 2. The van der Waals surface area contributed by atoms with Crippen LogP contribution < -0.4 is 0 Å². The SMILES string of the molecule is Cc1ccc(C(=O)N(C(C)O)C(C)O)cc1. The summed E-state index contributed by atoms with van der Waals surface area (Å²) in [7, 11) is 0. The van der Waals surface area contributed by atoms with Crippen LogP contribution in [0.3, 0.4) is 0 Å². The first-order chi connectivity index (χ1) is 7.43. The molecule has 2 N–H and O–H groups in total. The van der Waals surface area contributed by atoms with Gasteiger partial charge in [0.2, 0.25) is 0 Å². The van der Waals surface area contributed by atoms with Crippen molar-refractivity contribution in [2.45, 2.75) is 33.2 Å². The lowest BCUT2D eigenvalue weighted by Crippen LogP contribution is -2.44. The van der Waals surface area contributed by atoms with Crippen LogP contribution in [0.25, 0.3) is 0 Å². The van der Waals surface area contributed by atoms with Gasteiger partial charge in [0.05, 0.1) is 0 Å². The minimum atomic E-state index is -1.02. The summed E-state index contributed by atoms with van der Waals surface area (Å²) in [6, 6.07) is 6.98. The lowest BCUT2D eigenvalue weighted by atomic mass is 10.1. The average molecular weight is 223 g/mol. The van der Waals surface area contributed by atoms with Crippen LogP contribution in [0.15, 0.2) is 24.3 Å². The highest BCUT2D eigenvalue weighted by Crippen LogP contribution is 2.11. The molecule has 1 amide bonds. The number of aryl methyl sites for hydroxylation is 1. The summed E-state index contributed by atoms with van der Waals surface area (Å²) >= 11 is 0. The molecule has 0 saturated heterocycles. The van der Waals surface area contributed by atoms with E-state index in [1.54, 1.807) is 12.1 Å². The fraction of sp³-hybridized carbons (Fsp3) is 0.417. The number of hydrogen-bond acceptors (Lipinski definition) is 3. The summed E-state index contributed by atoms with van der Waals surface area (Å²) in [6.07, 6.45) is -2.04. The van der Waals surface area contributed by atoms with Crippen molar-refractivity contribution in [2.24, 2.45) is 0 Å². The number of aliphatic hydroxyl groups is 2. The number of carbonyl (C=O) groups excluding carboxylic acids is 1. The number of rotatable bonds is 3. The van der Waals surface area contributed by atoms with Crippen molar-refractivity contribution in [2.75, 3.05) is 0 Å². The van der Waals surface area contributed by atoms with E-state index in [-0.39, 0.29) is 5.91 Å². The first-order valence-electron chi connectivity index (χ1n) is 5.19. The third-order valence-electron chi connectivity index (χ3n) is 2.34. The van der Waals surface area contributed by atoms with E-state index in [0.29, 0.717) is 5.56 Å². The summed E-state index contributed by atoms with van der Waals surface area (Å²) in [5.41, 5.74) is 1.50. The van der Waals surface area contributed by atoms with Crippen LogP contribution in [-0.2, 0) is 0 Å². The molecule has 0 fully saturated rings. The maximum Gasteiger partial charge on any atom is 0.257 e. The maximum atomic E-state index is 11.9. The third kappa shape index (κ3) is 2.81. The van der Waals surface area contributed by atoms with Gasteiger partial charge in [-0.2, -0.15) is 0 Å². The second kappa shape index (κ2) is 5.09. The largest absolute Gasteiger partial charge is 0.374 e. The highest BCUT2D eigenvalue weighted by molar-refractivity contribution is 5.94. The molecule has 0 spiro atoms. The topological polar surface area (TPSA) is 60.8 Å². The van der Waals surface area contributed by atoms with Crippen molar-refractivity contribution >= 4 is 5.91 Å². The Morgan fingerprint density at radius 2 is 1.56 bits per heavy atom. The van der Waals surface area contributed by atoms with E-state index in [9.17, 15) is 15.0 Å². The van der Waals surface area contributed by atoms with Gasteiger partial charge in [-0.1, -0.05) is 17.7 Å². The fourth-order valence-corrected chi connectivity index (χ4v) is 1.50. The molecule has 88 valence electrons. The third-order valence-corrected chi connectivity index (χ3v) is 2.34. The van der Waals surface area contributed by atoms with Crippen LogP contribution in [0.2, 0.25) is 0 Å². The Bertz CT molecular complexity index is 349. The highest BCUT2D eigenvalue weighted by Gasteiger charge is 2.23. The first kappa shape index (κ1) is 12.7. The van der Waals surface area contributed by atoms with Gasteiger partial charge in [0.15, 0.2) is 0 Å². The molecule has 0 saturated carbocycles. The molecule has 4 heteroatoms. The van der Waals surface area contributed by atoms with Crippen molar-refractivity contribution < 1.29 is 15.0 Å². The molecule has 2 unspecified atom stereocenters. The van der Waals surface area contributed by atoms with Crippen molar-refractivity contribution in [1.29, 1.82) is 0 Å². The summed E-state index contributed by atoms with van der Waals surface area (Å²) < 4.78 is 0. The Hall–Kier alpha value is -1.39. The zero-order valence-corrected chi connectivity index (χ0v) is 9.71. The molecule has 1 aromatic carbocycles. The molecule has 4 nitrogen and oxygen atoms in total. The van der Waals surface area contributed by atoms with Gasteiger partial charge in [-0.15, -0.1) is 0 Å². The number of benzene rings is 1. The Morgan fingerprint density at radius 1 is 1.12 bits per heavy atom. The van der Waals surface area contributed by atoms with E-state index in [0.717, 1.165) is 10.5 Å². The van der Waals surface area contributed by atoms with E-state index in [1.807, 2.05) is 19.1 Å². The molecular formula is C12H17NO3. The predicted octanol–water partition coefficient (Wildman–Crippen LogP) is 1.11. The predicted molar refractivity (Wildman–Crippen MR) is 60.7 cm³/mol. The lowest BCUT2D eigenvalue weighted by molar-refractivity contribution is -0.0608. The number of hydrogen-bond donors (Lipinski definition) is 2. The van der Waals surface area contributed by atoms with Gasteiger partial charge in [-0.05, 0) is 32.9 Å². The number of amides is 1. The molecule has 0 bridgehead atoms. The van der Waals surface area contributed by atoms with E-state index in [4.69, 9.17) is 0 Å². The van der Waals surface area contributed by atoms with Crippen LogP contribution in [0.4, 0.5) is 0 Å². The van der Waals surface area contributed by atoms with E-state index >= 15 is 0 Å². The summed E-state index contributed by atoms with van der Waals surface area (Å²) in [5.74, 6) is -0.384.